The first-order chi connectivity index (χ1) is 12.8. The topological polar surface area (TPSA) is 105 Å². The molecule has 1 atom stereocenters. The third kappa shape index (κ3) is 6.92. The molecule has 0 saturated carbocycles. The molecule has 2 amide bonds. The number of rotatable bonds is 9. The summed E-state index contributed by atoms with van der Waals surface area (Å²) >= 11 is 0. The normalized spacial score (nSPS) is 14.2. The van der Waals surface area contributed by atoms with E-state index in [1.165, 1.54) is 24.0 Å². The van der Waals surface area contributed by atoms with Crippen LogP contribution in [0.5, 0.6) is 5.75 Å². The molecule has 0 spiro atoms. The SMILES string of the molecule is CC(C)C[C@H](NC(=O)COc1ccc2c(c1)CCCC2)C(=O)NCC(=O)O. The molecule has 3 N–H and O–H groups in total. The van der Waals surface area contributed by atoms with Crippen molar-refractivity contribution in [3.63, 3.8) is 0 Å². The number of hydrogen-bond acceptors (Lipinski definition) is 4. The lowest BCUT2D eigenvalue weighted by Crippen LogP contribution is -2.49. The summed E-state index contributed by atoms with van der Waals surface area (Å²) in [6.45, 7) is 3.18. The Labute approximate surface area is 159 Å². The molecule has 0 unspecified atom stereocenters. The molecule has 1 aliphatic carbocycles. The molecule has 27 heavy (non-hydrogen) atoms. The van der Waals surface area contributed by atoms with Gasteiger partial charge in [-0.05, 0) is 61.3 Å². The molecule has 0 bridgehead atoms. The molecular formula is C20H28N2O5. The number of benzene rings is 1. The summed E-state index contributed by atoms with van der Waals surface area (Å²) in [6, 6.07) is 5.10. The summed E-state index contributed by atoms with van der Waals surface area (Å²) < 4.78 is 5.58. The van der Waals surface area contributed by atoms with Crippen molar-refractivity contribution in [3.8, 4) is 5.75 Å². The standard InChI is InChI=1S/C20H28N2O5/c1-13(2)9-17(20(26)21-11-19(24)25)22-18(23)12-27-16-8-7-14-5-3-4-6-15(14)10-16/h7-8,10,13,17H,3-6,9,11-12H2,1-2H3,(H,21,26)(H,22,23)(H,24,25)/t17-/m0/s1. The predicted octanol–water partition coefficient (Wildman–Crippen LogP) is 1.68. The summed E-state index contributed by atoms with van der Waals surface area (Å²) in [6.07, 6.45) is 4.89. The number of amides is 2. The molecule has 7 heteroatoms. The van der Waals surface area contributed by atoms with Gasteiger partial charge in [0.25, 0.3) is 5.91 Å². The first kappa shape index (κ1) is 20.7. The summed E-state index contributed by atoms with van der Waals surface area (Å²) in [4.78, 5) is 34.9. The molecule has 1 aromatic carbocycles. The lowest BCUT2D eigenvalue weighted by Gasteiger charge is -2.20. The lowest BCUT2D eigenvalue weighted by molar-refractivity contribution is -0.138. The van der Waals surface area contributed by atoms with E-state index in [2.05, 4.69) is 10.6 Å². The maximum Gasteiger partial charge on any atom is 0.322 e. The van der Waals surface area contributed by atoms with Crippen LogP contribution >= 0.6 is 0 Å². The molecule has 148 valence electrons. The second-order valence-electron chi connectivity index (χ2n) is 7.29. The van der Waals surface area contributed by atoms with Gasteiger partial charge < -0.3 is 20.5 Å². The third-order valence-electron chi connectivity index (χ3n) is 4.46. The fourth-order valence-electron chi connectivity index (χ4n) is 3.17. The van der Waals surface area contributed by atoms with Crippen LogP contribution in [0.4, 0.5) is 0 Å². The van der Waals surface area contributed by atoms with Crippen LogP contribution in [0.1, 0.15) is 44.2 Å². The van der Waals surface area contributed by atoms with Crippen LogP contribution in [-0.4, -0.2) is 42.1 Å². The van der Waals surface area contributed by atoms with Gasteiger partial charge in [-0.15, -0.1) is 0 Å². The Bertz CT molecular complexity index is 687. The molecule has 0 aliphatic heterocycles. The molecule has 0 heterocycles. The average Bonchev–Trinajstić information content (AvgIpc) is 2.63. The number of carbonyl (C=O) groups excluding carboxylic acids is 2. The second-order valence-corrected chi connectivity index (χ2v) is 7.29. The number of aryl methyl sites for hydroxylation is 2. The number of fused-ring (bicyclic) bond motifs is 1. The van der Waals surface area contributed by atoms with Crippen LogP contribution in [0.25, 0.3) is 0 Å². The lowest BCUT2D eigenvalue weighted by atomic mass is 9.92. The van der Waals surface area contributed by atoms with Crippen LogP contribution in [0.2, 0.25) is 0 Å². The van der Waals surface area contributed by atoms with E-state index in [1.807, 2.05) is 32.0 Å². The Morgan fingerprint density at radius 2 is 1.85 bits per heavy atom. The average molecular weight is 376 g/mol. The Morgan fingerprint density at radius 3 is 2.52 bits per heavy atom. The molecule has 0 fully saturated rings. The third-order valence-corrected chi connectivity index (χ3v) is 4.46. The van der Waals surface area contributed by atoms with Crippen molar-refractivity contribution in [1.82, 2.24) is 10.6 Å². The van der Waals surface area contributed by atoms with Crippen molar-refractivity contribution in [3.05, 3.63) is 29.3 Å². The quantitative estimate of drug-likeness (QED) is 0.608. The maximum absolute atomic E-state index is 12.2. The van der Waals surface area contributed by atoms with Gasteiger partial charge in [-0.1, -0.05) is 19.9 Å². The summed E-state index contributed by atoms with van der Waals surface area (Å²) in [5.41, 5.74) is 2.61. The zero-order valence-corrected chi connectivity index (χ0v) is 15.9. The van der Waals surface area contributed by atoms with Crippen molar-refractivity contribution in [2.75, 3.05) is 13.2 Å². The number of aliphatic carboxylic acids is 1. The van der Waals surface area contributed by atoms with Crippen molar-refractivity contribution < 1.29 is 24.2 Å². The van der Waals surface area contributed by atoms with E-state index in [9.17, 15) is 14.4 Å². The van der Waals surface area contributed by atoms with Gasteiger partial charge in [-0.2, -0.15) is 0 Å². The Morgan fingerprint density at radius 1 is 1.15 bits per heavy atom. The van der Waals surface area contributed by atoms with Crippen LogP contribution in [0.3, 0.4) is 0 Å². The van der Waals surface area contributed by atoms with Crippen molar-refractivity contribution >= 4 is 17.8 Å². The van der Waals surface area contributed by atoms with Crippen molar-refractivity contribution in [1.29, 1.82) is 0 Å². The van der Waals surface area contributed by atoms with Crippen LogP contribution in [0, 0.1) is 5.92 Å². The highest BCUT2D eigenvalue weighted by molar-refractivity contribution is 5.89. The molecular weight excluding hydrogens is 348 g/mol. The summed E-state index contributed by atoms with van der Waals surface area (Å²) in [5, 5.41) is 13.6. The highest BCUT2D eigenvalue weighted by Gasteiger charge is 2.22. The van der Waals surface area contributed by atoms with E-state index in [0.29, 0.717) is 12.2 Å². The van der Waals surface area contributed by atoms with Gasteiger partial charge in [0.2, 0.25) is 5.91 Å². The molecule has 7 nitrogen and oxygen atoms in total. The van der Waals surface area contributed by atoms with E-state index in [1.54, 1.807) is 0 Å². The number of ether oxygens (including phenoxy) is 1. The van der Waals surface area contributed by atoms with Crippen LogP contribution < -0.4 is 15.4 Å². The highest BCUT2D eigenvalue weighted by Crippen LogP contribution is 2.25. The maximum atomic E-state index is 12.2. The smallest absolute Gasteiger partial charge is 0.322 e. The molecule has 0 radical (unpaired) electrons. The number of carboxylic acid groups (broad SMARTS) is 1. The highest BCUT2D eigenvalue weighted by atomic mass is 16.5. The minimum Gasteiger partial charge on any atom is -0.484 e. The predicted molar refractivity (Wildman–Crippen MR) is 101 cm³/mol. The fourth-order valence-corrected chi connectivity index (χ4v) is 3.17. The van der Waals surface area contributed by atoms with E-state index in [0.717, 1.165) is 12.8 Å². The zero-order valence-electron chi connectivity index (χ0n) is 15.9. The van der Waals surface area contributed by atoms with E-state index >= 15 is 0 Å². The first-order valence-corrected chi connectivity index (χ1v) is 9.38. The van der Waals surface area contributed by atoms with E-state index in [4.69, 9.17) is 9.84 Å². The van der Waals surface area contributed by atoms with Gasteiger partial charge in [0.1, 0.15) is 18.3 Å². The van der Waals surface area contributed by atoms with Gasteiger partial charge in [-0.3, -0.25) is 14.4 Å². The van der Waals surface area contributed by atoms with E-state index < -0.39 is 30.4 Å². The minimum atomic E-state index is -1.13. The van der Waals surface area contributed by atoms with Crippen LogP contribution in [-0.2, 0) is 27.2 Å². The first-order valence-electron chi connectivity index (χ1n) is 9.38. The van der Waals surface area contributed by atoms with Crippen molar-refractivity contribution in [2.45, 2.75) is 52.0 Å². The fraction of sp³-hybridized carbons (Fsp3) is 0.550. The van der Waals surface area contributed by atoms with Gasteiger partial charge in [0.05, 0.1) is 0 Å². The van der Waals surface area contributed by atoms with Gasteiger partial charge in [0, 0.05) is 0 Å². The second kappa shape index (κ2) is 9.94. The van der Waals surface area contributed by atoms with Crippen LogP contribution in [0.15, 0.2) is 18.2 Å². The van der Waals surface area contributed by atoms with Crippen molar-refractivity contribution in [2.24, 2.45) is 5.92 Å². The zero-order chi connectivity index (χ0) is 19.8. The van der Waals surface area contributed by atoms with Gasteiger partial charge >= 0.3 is 5.97 Å². The van der Waals surface area contributed by atoms with Gasteiger partial charge in [0.15, 0.2) is 6.61 Å². The molecule has 1 aliphatic rings. The molecule has 1 aromatic rings. The largest absolute Gasteiger partial charge is 0.484 e. The summed E-state index contributed by atoms with van der Waals surface area (Å²) in [5.74, 6) is -1.25. The number of nitrogens with one attached hydrogen (secondary N) is 2. The van der Waals surface area contributed by atoms with E-state index in [-0.39, 0.29) is 12.5 Å². The Kier molecular flexibility index (Phi) is 7.64. The monoisotopic (exact) mass is 376 g/mol. The molecule has 0 aromatic heterocycles. The summed E-state index contributed by atoms with van der Waals surface area (Å²) in [7, 11) is 0. The Balaban J connectivity index is 1.88. The Hall–Kier alpha value is -2.57. The molecule has 0 saturated heterocycles. The molecule has 2 rings (SSSR count). The number of hydrogen-bond donors (Lipinski definition) is 3. The van der Waals surface area contributed by atoms with Gasteiger partial charge in [-0.25, -0.2) is 0 Å². The number of carboxylic acids is 1. The minimum absolute atomic E-state index is 0.160. The number of carbonyl (C=O) groups is 3.